The Morgan fingerprint density at radius 2 is 1.94 bits per heavy atom. The lowest BCUT2D eigenvalue weighted by Gasteiger charge is -2.31. The summed E-state index contributed by atoms with van der Waals surface area (Å²) in [7, 11) is 4.39. The van der Waals surface area contributed by atoms with Gasteiger partial charge in [0.1, 0.15) is 0 Å². The van der Waals surface area contributed by atoms with Crippen LogP contribution < -0.4 is 5.32 Å². The molecule has 0 radical (unpaired) electrons. The van der Waals surface area contributed by atoms with Crippen molar-refractivity contribution in [2.24, 2.45) is 5.92 Å². The zero-order valence-corrected chi connectivity index (χ0v) is 13.3. The number of thiophene rings is 1. The summed E-state index contributed by atoms with van der Waals surface area (Å²) in [5.74, 6) is 0.789. The Morgan fingerprint density at radius 3 is 2.39 bits per heavy atom. The first-order chi connectivity index (χ1) is 8.60. The van der Waals surface area contributed by atoms with Gasteiger partial charge in [0.2, 0.25) is 0 Å². The Hall–Kier alpha value is -0.380. The van der Waals surface area contributed by atoms with Gasteiger partial charge in [0, 0.05) is 24.0 Å². The number of likely N-dealkylation sites (N-methyl/N-ethyl adjacent to an activating group) is 1. The quantitative estimate of drug-likeness (QED) is 0.776. The maximum absolute atomic E-state index is 3.63. The van der Waals surface area contributed by atoms with Crippen molar-refractivity contribution >= 4 is 11.3 Å². The number of aryl methyl sites for hydroxylation is 1. The molecule has 1 atom stereocenters. The fraction of sp³-hybridized carbons (Fsp3) is 0.733. The van der Waals surface area contributed by atoms with Crippen molar-refractivity contribution < 1.29 is 0 Å². The van der Waals surface area contributed by atoms with E-state index in [2.05, 4.69) is 56.5 Å². The van der Waals surface area contributed by atoms with E-state index in [0.717, 1.165) is 19.0 Å². The van der Waals surface area contributed by atoms with Crippen LogP contribution in [0.4, 0.5) is 0 Å². The number of nitrogens with zero attached hydrogens (tertiary/aromatic N) is 1. The van der Waals surface area contributed by atoms with E-state index in [1.807, 2.05) is 11.3 Å². The summed E-state index contributed by atoms with van der Waals surface area (Å²) in [6.45, 7) is 8.88. The molecule has 2 nitrogen and oxygen atoms in total. The summed E-state index contributed by atoms with van der Waals surface area (Å²) in [4.78, 5) is 3.84. The third-order valence-electron chi connectivity index (χ3n) is 3.86. The van der Waals surface area contributed by atoms with Crippen LogP contribution >= 0.6 is 11.3 Å². The first-order valence-corrected chi connectivity index (χ1v) is 7.88. The van der Waals surface area contributed by atoms with Gasteiger partial charge in [-0.25, -0.2) is 0 Å². The van der Waals surface area contributed by atoms with Gasteiger partial charge in [-0.05, 0) is 43.9 Å². The minimum absolute atomic E-state index is 0.639. The van der Waals surface area contributed by atoms with Crippen molar-refractivity contribution in [2.45, 2.75) is 46.2 Å². The predicted octanol–water partition coefficient (Wildman–Crippen LogP) is 3.51. The standard InChI is InChI=1S/C15H28N2S/c1-6-13(7-2)14(17(4)5)10-16-11-15-12(3)8-9-18-15/h8-9,13-14,16H,6-7,10-11H2,1-5H3. The Morgan fingerprint density at radius 1 is 1.28 bits per heavy atom. The highest BCUT2D eigenvalue weighted by Gasteiger charge is 2.20. The number of rotatable bonds is 8. The molecule has 0 aromatic carbocycles. The molecule has 0 aliphatic carbocycles. The summed E-state index contributed by atoms with van der Waals surface area (Å²) in [6, 6.07) is 2.84. The molecule has 104 valence electrons. The minimum atomic E-state index is 0.639. The molecule has 0 saturated carbocycles. The lowest BCUT2D eigenvalue weighted by Crippen LogP contribution is -2.42. The van der Waals surface area contributed by atoms with Crippen LogP contribution in [-0.4, -0.2) is 31.6 Å². The molecule has 1 heterocycles. The van der Waals surface area contributed by atoms with Crippen molar-refractivity contribution in [3.8, 4) is 0 Å². The van der Waals surface area contributed by atoms with E-state index >= 15 is 0 Å². The fourth-order valence-electron chi connectivity index (χ4n) is 2.52. The summed E-state index contributed by atoms with van der Waals surface area (Å²) in [5, 5.41) is 5.81. The van der Waals surface area contributed by atoms with Crippen molar-refractivity contribution in [2.75, 3.05) is 20.6 Å². The van der Waals surface area contributed by atoms with E-state index in [1.54, 1.807) is 0 Å². The Labute approximate surface area is 116 Å². The second kappa shape index (κ2) is 7.93. The summed E-state index contributed by atoms with van der Waals surface area (Å²) < 4.78 is 0. The van der Waals surface area contributed by atoms with Crippen molar-refractivity contribution in [1.82, 2.24) is 10.2 Å². The van der Waals surface area contributed by atoms with E-state index in [1.165, 1.54) is 23.3 Å². The molecule has 1 N–H and O–H groups in total. The SMILES string of the molecule is CCC(CC)C(CNCc1sccc1C)N(C)C. The van der Waals surface area contributed by atoms with Gasteiger partial charge >= 0.3 is 0 Å². The van der Waals surface area contributed by atoms with Gasteiger partial charge in [-0.15, -0.1) is 11.3 Å². The molecule has 18 heavy (non-hydrogen) atoms. The average molecular weight is 268 g/mol. The largest absolute Gasteiger partial charge is 0.310 e. The van der Waals surface area contributed by atoms with Crippen LogP contribution in [0.3, 0.4) is 0 Å². The molecule has 0 spiro atoms. The lowest BCUT2D eigenvalue weighted by molar-refractivity contribution is 0.194. The highest BCUT2D eigenvalue weighted by molar-refractivity contribution is 7.10. The van der Waals surface area contributed by atoms with Crippen LogP contribution in [0, 0.1) is 12.8 Å². The molecule has 1 aromatic heterocycles. The van der Waals surface area contributed by atoms with Crippen LogP contribution in [0.5, 0.6) is 0 Å². The number of hydrogen-bond acceptors (Lipinski definition) is 3. The van der Waals surface area contributed by atoms with Crippen molar-refractivity contribution in [1.29, 1.82) is 0 Å². The second-order valence-corrected chi connectivity index (χ2v) is 6.27. The first-order valence-electron chi connectivity index (χ1n) is 7.00. The molecule has 0 aliphatic rings. The van der Waals surface area contributed by atoms with Gasteiger partial charge in [-0.2, -0.15) is 0 Å². The molecule has 1 aromatic rings. The van der Waals surface area contributed by atoms with Crippen LogP contribution in [0.25, 0.3) is 0 Å². The molecule has 0 saturated heterocycles. The molecule has 0 amide bonds. The average Bonchev–Trinajstić information content (AvgIpc) is 2.74. The van der Waals surface area contributed by atoms with E-state index in [0.29, 0.717) is 6.04 Å². The van der Waals surface area contributed by atoms with Gasteiger partial charge in [-0.3, -0.25) is 0 Å². The molecule has 0 bridgehead atoms. The molecule has 1 unspecified atom stereocenters. The number of nitrogens with one attached hydrogen (secondary N) is 1. The summed E-state index contributed by atoms with van der Waals surface area (Å²) in [6.07, 6.45) is 2.53. The van der Waals surface area contributed by atoms with E-state index < -0.39 is 0 Å². The zero-order valence-electron chi connectivity index (χ0n) is 12.5. The molecular formula is C15H28N2S. The van der Waals surface area contributed by atoms with E-state index in [4.69, 9.17) is 0 Å². The third kappa shape index (κ3) is 4.38. The molecular weight excluding hydrogens is 240 g/mol. The van der Waals surface area contributed by atoms with Crippen molar-refractivity contribution in [3.63, 3.8) is 0 Å². The molecule has 0 fully saturated rings. The maximum atomic E-state index is 3.63. The first kappa shape index (κ1) is 15.7. The van der Waals surface area contributed by atoms with Crippen LogP contribution in [0.15, 0.2) is 11.4 Å². The topological polar surface area (TPSA) is 15.3 Å². The normalized spacial score (nSPS) is 13.5. The van der Waals surface area contributed by atoms with E-state index in [9.17, 15) is 0 Å². The summed E-state index contributed by atoms with van der Waals surface area (Å²) in [5.41, 5.74) is 1.41. The van der Waals surface area contributed by atoms with Crippen molar-refractivity contribution in [3.05, 3.63) is 21.9 Å². The molecule has 3 heteroatoms. The Bertz CT molecular complexity index is 329. The van der Waals surface area contributed by atoms with Crippen LogP contribution in [0.2, 0.25) is 0 Å². The van der Waals surface area contributed by atoms with Gasteiger partial charge in [0.15, 0.2) is 0 Å². The summed E-state index contributed by atoms with van der Waals surface area (Å²) >= 11 is 1.85. The van der Waals surface area contributed by atoms with Gasteiger partial charge in [0.25, 0.3) is 0 Å². The predicted molar refractivity (Wildman–Crippen MR) is 82.3 cm³/mol. The second-order valence-electron chi connectivity index (χ2n) is 5.27. The Balaban J connectivity index is 2.45. The minimum Gasteiger partial charge on any atom is -0.310 e. The molecule has 1 rings (SSSR count). The smallest absolute Gasteiger partial charge is 0.0303 e. The molecule has 0 aliphatic heterocycles. The van der Waals surface area contributed by atoms with E-state index in [-0.39, 0.29) is 0 Å². The highest BCUT2D eigenvalue weighted by Crippen LogP contribution is 2.18. The van der Waals surface area contributed by atoms with Crippen LogP contribution in [0.1, 0.15) is 37.1 Å². The number of hydrogen-bond donors (Lipinski definition) is 1. The van der Waals surface area contributed by atoms with Gasteiger partial charge in [-0.1, -0.05) is 26.7 Å². The monoisotopic (exact) mass is 268 g/mol. The highest BCUT2D eigenvalue weighted by atomic mass is 32.1. The van der Waals surface area contributed by atoms with Crippen LogP contribution in [-0.2, 0) is 6.54 Å². The van der Waals surface area contributed by atoms with Gasteiger partial charge < -0.3 is 10.2 Å². The Kier molecular flexibility index (Phi) is 6.90. The van der Waals surface area contributed by atoms with Gasteiger partial charge in [0.05, 0.1) is 0 Å². The lowest BCUT2D eigenvalue weighted by atomic mass is 9.93. The zero-order chi connectivity index (χ0) is 13.5. The maximum Gasteiger partial charge on any atom is 0.0303 e. The third-order valence-corrected chi connectivity index (χ3v) is 4.89. The fourth-order valence-corrected chi connectivity index (χ4v) is 3.40.